The van der Waals surface area contributed by atoms with Gasteiger partial charge in [0.25, 0.3) is 0 Å². The number of rotatable bonds is 13. The molecule has 0 aliphatic rings. The molecule has 4 nitrogen and oxygen atoms in total. The zero-order chi connectivity index (χ0) is 16.8. The van der Waals surface area contributed by atoms with Crippen LogP contribution in [0.3, 0.4) is 0 Å². The number of benzene rings is 1. The molecule has 0 radical (unpaired) electrons. The van der Waals surface area contributed by atoms with Gasteiger partial charge in [-0.1, -0.05) is 76.8 Å². The molecule has 0 atom stereocenters. The summed E-state index contributed by atoms with van der Waals surface area (Å²) < 4.78 is 5.26. The lowest BCUT2D eigenvalue weighted by Gasteiger charge is -2.06. The molecule has 0 fully saturated rings. The van der Waals surface area contributed by atoms with E-state index in [9.17, 15) is 4.79 Å². The first kappa shape index (κ1) is 19.3. The molecule has 0 heterocycles. The highest BCUT2D eigenvalue weighted by atomic mass is 16.5. The third-order valence-electron chi connectivity index (χ3n) is 3.98. The summed E-state index contributed by atoms with van der Waals surface area (Å²) in [6.45, 7) is 2.69. The predicted octanol–water partition coefficient (Wildman–Crippen LogP) is 6.43. The molecule has 0 bridgehead atoms. The Kier molecular flexibility index (Phi) is 10.8. The molecule has 1 aromatic carbocycles. The maximum atomic E-state index is 11.9. The van der Waals surface area contributed by atoms with E-state index in [1.165, 1.54) is 51.4 Å². The summed E-state index contributed by atoms with van der Waals surface area (Å²) in [6.07, 6.45) is 12.6. The van der Waals surface area contributed by atoms with Crippen LogP contribution in [0.25, 0.3) is 0 Å². The quantitative estimate of drug-likeness (QED) is 0.259. The first-order valence-electron chi connectivity index (χ1n) is 8.93. The van der Waals surface area contributed by atoms with E-state index in [-0.39, 0.29) is 5.97 Å². The van der Waals surface area contributed by atoms with Gasteiger partial charge in [0, 0.05) is 0 Å². The lowest BCUT2D eigenvalue weighted by atomic mass is 10.1. The Balaban J connectivity index is 2.02. The lowest BCUT2D eigenvalue weighted by molar-refractivity contribution is 0.0498. The zero-order valence-corrected chi connectivity index (χ0v) is 14.4. The molecule has 0 aliphatic heterocycles. The van der Waals surface area contributed by atoms with Crippen molar-refractivity contribution in [3.05, 3.63) is 29.8 Å². The average Bonchev–Trinajstić information content (AvgIpc) is 2.59. The van der Waals surface area contributed by atoms with Gasteiger partial charge in [-0.2, -0.15) is 5.11 Å². The van der Waals surface area contributed by atoms with Gasteiger partial charge in [0.1, 0.15) is 0 Å². The average molecular weight is 318 g/mol. The van der Waals surface area contributed by atoms with Gasteiger partial charge in [0.2, 0.25) is 0 Å². The number of esters is 1. The number of carbonyl (C=O) groups excluding carboxylic acids is 1. The van der Waals surface area contributed by atoms with Crippen molar-refractivity contribution in [3.63, 3.8) is 0 Å². The van der Waals surface area contributed by atoms with Gasteiger partial charge < -0.3 is 4.74 Å². The highest BCUT2D eigenvalue weighted by Gasteiger charge is 2.11. The Hall–Kier alpha value is -1.71. The normalized spacial score (nSPS) is 10.5. The Labute approximate surface area is 140 Å². The summed E-state index contributed by atoms with van der Waals surface area (Å²) in [5, 5.41) is 3.35. The molecule has 0 amide bonds. The number of nitrogens with one attached hydrogen (secondary N) is 1. The highest BCUT2D eigenvalue weighted by molar-refractivity contribution is 5.94. The summed E-state index contributed by atoms with van der Waals surface area (Å²) in [4.78, 5) is 11.9. The number of hydrogen-bond acceptors (Lipinski definition) is 4. The van der Waals surface area contributed by atoms with E-state index in [0.717, 1.165) is 12.8 Å². The molecule has 1 aromatic rings. The molecule has 0 aromatic heterocycles. The molecular formula is C19H30N2O2. The fourth-order valence-corrected chi connectivity index (χ4v) is 2.58. The van der Waals surface area contributed by atoms with Gasteiger partial charge in [-0.25, -0.2) is 10.3 Å². The summed E-state index contributed by atoms with van der Waals surface area (Å²) in [6, 6.07) is 6.80. The molecule has 0 saturated carbocycles. The molecule has 4 heteroatoms. The van der Waals surface area contributed by atoms with Crippen molar-refractivity contribution in [2.24, 2.45) is 5.11 Å². The van der Waals surface area contributed by atoms with Gasteiger partial charge in [0.05, 0.1) is 17.9 Å². The second-order valence-corrected chi connectivity index (χ2v) is 5.95. The fourth-order valence-electron chi connectivity index (χ4n) is 2.58. The van der Waals surface area contributed by atoms with Crippen LogP contribution in [0.5, 0.6) is 0 Å². The van der Waals surface area contributed by atoms with Crippen LogP contribution in [-0.4, -0.2) is 12.6 Å². The van der Waals surface area contributed by atoms with E-state index in [0.29, 0.717) is 17.9 Å². The summed E-state index contributed by atoms with van der Waals surface area (Å²) in [7, 11) is 0. The van der Waals surface area contributed by atoms with Crippen LogP contribution in [0.15, 0.2) is 29.4 Å². The van der Waals surface area contributed by atoms with Crippen LogP contribution < -0.4 is 0 Å². The predicted molar refractivity (Wildman–Crippen MR) is 93.4 cm³/mol. The van der Waals surface area contributed by atoms with Gasteiger partial charge in [0.15, 0.2) is 0 Å². The van der Waals surface area contributed by atoms with E-state index >= 15 is 0 Å². The number of nitrogens with zero attached hydrogens (tertiary/aromatic N) is 1. The third kappa shape index (κ3) is 8.48. The van der Waals surface area contributed by atoms with Gasteiger partial charge in [-0.15, -0.1) is 0 Å². The standard InChI is InChI=1S/C19H30N2O2/c1-2-3-4-5-6-7-8-9-10-13-16-23-19(22)17-14-11-12-15-18(17)21-20/h11-12,14-15,20H,2-10,13,16H2,1H3. The minimum atomic E-state index is -0.382. The third-order valence-corrected chi connectivity index (χ3v) is 3.98. The zero-order valence-electron chi connectivity index (χ0n) is 14.4. The van der Waals surface area contributed by atoms with Gasteiger partial charge in [-0.05, 0) is 18.6 Å². The second kappa shape index (κ2) is 12.8. The molecule has 128 valence electrons. The maximum Gasteiger partial charge on any atom is 0.340 e. The number of ether oxygens (including phenoxy) is 1. The molecular weight excluding hydrogens is 288 g/mol. The Bertz CT molecular complexity index is 460. The van der Waals surface area contributed by atoms with Crippen molar-refractivity contribution in [2.75, 3.05) is 6.61 Å². The minimum absolute atomic E-state index is 0.362. The summed E-state index contributed by atoms with van der Waals surface area (Å²) in [5.41, 5.74) is 7.79. The fraction of sp³-hybridized carbons (Fsp3) is 0.632. The van der Waals surface area contributed by atoms with Crippen LogP contribution in [0.4, 0.5) is 5.69 Å². The van der Waals surface area contributed by atoms with Crippen molar-refractivity contribution in [2.45, 2.75) is 71.1 Å². The van der Waals surface area contributed by atoms with E-state index in [1.54, 1.807) is 24.3 Å². The van der Waals surface area contributed by atoms with Crippen molar-refractivity contribution < 1.29 is 9.53 Å². The first-order valence-corrected chi connectivity index (χ1v) is 8.93. The monoisotopic (exact) mass is 318 g/mol. The number of unbranched alkanes of at least 4 members (excludes halogenated alkanes) is 9. The van der Waals surface area contributed by atoms with Crippen LogP contribution in [0.1, 0.15) is 81.5 Å². The molecule has 0 spiro atoms. The second-order valence-electron chi connectivity index (χ2n) is 5.95. The topological polar surface area (TPSA) is 62.5 Å². The van der Waals surface area contributed by atoms with E-state index in [4.69, 9.17) is 10.3 Å². The van der Waals surface area contributed by atoms with Crippen molar-refractivity contribution in [3.8, 4) is 0 Å². The van der Waals surface area contributed by atoms with E-state index < -0.39 is 0 Å². The Morgan fingerprint density at radius 3 is 2.13 bits per heavy atom. The van der Waals surface area contributed by atoms with Crippen LogP contribution in [-0.2, 0) is 4.74 Å². The summed E-state index contributed by atoms with van der Waals surface area (Å²) >= 11 is 0. The van der Waals surface area contributed by atoms with Crippen LogP contribution in [0, 0.1) is 5.53 Å². The molecule has 0 saturated heterocycles. The first-order chi connectivity index (χ1) is 11.3. The Morgan fingerprint density at radius 1 is 0.957 bits per heavy atom. The smallest absolute Gasteiger partial charge is 0.340 e. The minimum Gasteiger partial charge on any atom is -0.462 e. The van der Waals surface area contributed by atoms with Crippen molar-refractivity contribution in [1.82, 2.24) is 0 Å². The number of hydrogen-bond donors (Lipinski definition) is 1. The lowest BCUT2D eigenvalue weighted by Crippen LogP contribution is -2.06. The highest BCUT2D eigenvalue weighted by Crippen LogP contribution is 2.19. The van der Waals surface area contributed by atoms with Crippen LogP contribution >= 0.6 is 0 Å². The van der Waals surface area contributed by atoms with E-state index in [1.807, 2.05) is 0 Å². The van der Waals surface area contributed by atoms with Gasteiger partial charge in [-0.3, -0.25) is 0 Å². The molecule has 1 N–H and O–H groups in total. The largest absolute Gasteiger partial charge is 0.462 e. The molecule has 23 heavy (non-hydrogen) atoms. The van der Waals surface area contributed by atoms with Crippen molar-refractivity contribution in [1.29, 1.82) is 5.53 Å². The maximum absolute atomic E-state index is 11.9. The van der Waals surface area contributed by atoms with E-state index in [2.05, 4.69) is 12.0 Å². The summed E-state index contributed by atoms with van der Waals surface area (Å²) in [5.74, 6) is -0.382. The van der Waals surface area contributed by atoms with Crippen molar-refractivity contribution >= 4 is 11.7 Å². The molecule has 1 rings (SSSR count). The van der Waals surface area contributed by atoms with Crippen LogP contribution in [0.2, 0.25) is 0 Å². The Morgan fingerprint density at radius 2 is 1.52 bits per heavy atom. The molecule has 0 unspecified atom stereocenters. The number of carbonyl (C=O) groups is 1. The SMILES string of the molecule is CCCCCCCCCCCCOC(=O)c1ccccc1N=N. The molecule has 0 aliphatic carbocycles. The van der Waals surface area contributed by atoms with Gasteiger partial charge >= 0.3 is 5.97 Å². The number of para-hydroxylation sites is 1.